The molecule has 5 heteroatoms. The zero-order valence-electron chi connectivity index (χ0n) is 11.8. The minimum Gasteiger partial charge on any atom is -0.463 e. The fraction of sp³-hybridized carbons (Fsp3) is 0.533. The summed E-state index contributed by atoms with van der Waals surface area (Å²) in [5.74, 6) is 1.42. The average Bonchev–Trinajstić information content (AvgIpc) is 3.06. The van der Waals surface area contributed by atoms with E-state index < -0.39 is 0 Å². The number of rotatable bonds is 3. The van der Waals surface area contributed by atoms with Crippen molar-refractivity contribution in [3.63, 3.8) is 0 Å². The van der Waals surface area contributed by atoms with Gasteiger partial charge in [0.2, 0.25) is 6.79 Å². The molecule has 1 aromatic rings. The maximum atomic E-state index is 11.9. The summed E-state index contributed by atoms with van der Waals surface area (Å²) in [4.78, 5) is 14.1. The molecule has 0 bridgehead atoms. The lowest BCUT2D eigenvalue weighted by molar-refractivity contribution is -0.151. The smallest absolute Gasteiger partial charge is 0.311 e. The molecular formula is C15H19NO4. The second-order valence-electron chi connectivity index (χ2n) is 5.45. The van der Waals surface area contributed by atoms with Gasteiger partial charge in [0, 0.05) is 24.8 Å². The normalized spacial score (nSPS) is 20.6. The van der Waals surface area contributed by atoms with Crippen molar-refractivity contribution in [3.8, 4) is 11.5 Å². The maximum Gasteiger partial charge on any atom is 0.311 e. The molecule has 0 saturated carbocycles. The Balaban J connectivity index is 1.66. The van der Waals surface area contributed by atoms with Crippen LogP contribution in [0.4, 0.5) is 5.69 Å². The predicted octanol–water partition coefficient (Wildman–Crippen LogP) is 2.19. The van der Waals surface area contributed by atoms with Gasteiger partial charge in [0.05, 0.1) is 12.0 Å². The van der Waals surface area contributed by atoms with Crippen LogP contribution in [0.25, 0.3) is 0 Å². The van der Waals surface area contributed by atoms with Gasteiger partial charge >= 0.3 is 5.97 Å². The van der Waals surface area contributed by atoms with Crippen LogP contribution in [-0.2, 0) is 9.53 Å². The number of hydrogen-bond acceptors (Lipinski definition) is 5. The molecule has 0 spiro atoms. The number of benzene rings is 1. The lowest BCUT2D eigenvalue weighted by atomic mass is 10.1. The lowest BCUT2D eigenvalue weighted by Gasteiger charge is -2.19. The summed E-state index contributed by atoms with van der Waals surface area (Å²) in [5.41, 5.74) is 1.06. The summed E-state index contributed by atoms with van der Waals surface area (Å²) < 4.78 is 16.0. The molecule has 1 fully saturated rings. The Labute approximate surface area is 118 Å². The molecule has 0 aromatic heterocycles. The number of carbonyl (C=O) groups is 1. The quantitative estimate of drug-likeness (QED) is 0.793. The van der Waals surface area contributed by atoms with Crippen LogP contribution in [0.5, 0.6) is 11.5 Å². The molecule has 1 unspecified atom stereocenters. The van der Waals surface area contributed by atoms with E-state index in [0.29, 0.717) is 6.54 Å². The van der Waals surface area contributed by atoms with Crippen LogP contribution in [0.2, 0.25) is 0 Å². The number of nitrogens with zero attached hydrogens (tertiary/aromatic N) is 1. The van der Waals surface area contributed by atoms with Gasteiger partial charge in [0.15, 0.2) is 11.5 Å². The Bertz CT molecular complexity index is 515. The minimum absolute atomic E-state index is 0.0391. The molecule has 1 atom stereocenters. The molecule has 0 radical (unpaired) electrons. The fourth-order valence-electron chi connectivity index (χ4n) is 2.60. The molecule has 0 aliphatic carbocycles. The monoisotopic (exact) mass is 277 g/mol. The number of esters is 1. The summed E-state index contributed by atoms with van der Waals surface area (Å²) in [6, 6.07) is 5.89. The topological polar surface area (TPSA) is 48.0 Å². The number of ether oxygens (including phenoxy) is 3. The highest BCUT2D eigenvalue weighted by Crippen LogP contribution is 2.36. The number of hydrogen-bond donors (Lipinski definition) is 0. The molecule has 5 nitrogen and oxygen atoms in total. The first-order chi connectivity index (χ1) is 9.63. The average molecular weight is 277 g/mol. The molecular weight excluding hydrogens is 258 g/mol. The zero-order chi connectivity index (χ0) is 14.1. The Hall–Kier alpha value is -1.91. The van der Waals surface area contributed by atoms with Gasteiger partial charge in [-0.2, -0.15) is 0 Å². The Morgan fingerprint density at radius 1 is 1.35 bits per heavy atom. The highest BCUT2D eigenvalue weighted by Gasteiger charge is 2.30. The van der Waals surface area contributed by atoms with Crippen LogP contribution in [0.3, 0.4) is 0 Å². The van der Waals surface area contributed by atoms with Gasteiger partial charge in [-0.1, -0.05) is 0 Å². The van der Waals surface area contributed by atoms with Crippen LogP contribution >= 0.6 is 0 Å². The third-order valence-electron chi connectivity index (χ3n) is 3.59. The van der Waals surface area contributed by atoms with Crippen molar-refractivity contribution < 1.29 is 19.0 Å². The summed E-state index contributed by atoms with van der Waals surface area (Å²) >= 11 is 0. The van der Waals surface area contributed by atoms with E-state index >= 15 is 0 Å². The van der Waals surface area contributed by atoms with Gasteiger partial charge in [0.1, 0.15) is 0 Å². The molecule has 2 aliphatic heterocycles. The van der Waals surface area contributed by atoms with Crippen molar-refractivity contribution in [2.24, 2.45) is 5.92 Å². The first-order valence-corrected chi connectivity index (χ1v) is 6.98. The van der Waals surface area contributed by atoms with Gasteiger partial charge in [0.25, 0.3) is 0 Å². The van der Waals surface area contributed by atoms with Crippen LogP contribution in [0, 0.1) is 5.92 Å². The number of fused-ring (bicyclic) bond motifs is 1. The van der Waals surface area contributed by atoms with E-state index in [1.165, 1.54) is 0 Å². The molecule has 1 saturated heterocycles. The van der Waals surface area contributed by atoms with E-state index in [9.17, 15) is 4.79 Å². The van der Waals surface area contributed by atoms with Crippen molar-refractivity contribution >= 4 is 11.7 Å². The van der Waals surface area contributed by atoms with Gasteiger partial charge in [-0.15, -0.1) is 0 Å². The van der Waals surface area contributed by atoms with Crippen molar-refractivity contribution in [2.45, 2.75) is 26.4 Å². The molecule has 20 heavy (non-hydrogen) atoms. The van der Waals surface area contributed by atoms with E-state index in [2.05, 4.69) is 4.90 Å². The molecule has 0 N–H and O–H groups in total. The van der Waals surface area contributed by atoms with E-state index in [0.717, 1.165) is 30.2 Å². The van der Waals surface area contributed by atoms with Crippen LogP contribution < -0.4 is 14.4 Å². The summed E-state index contributed by atoms with van der Waals surface area (Å²) in [6.07, 6.45) is 0.780. The van der Waals surface area contributed by atoms with E-state index in [1.54, 1.807) is 0 Å². The van der Waals surface area contributed by atoms with Gasteiger partial charge in [-0.05, 0) is 32.4 Å². The summed E-state index contributed by atoms with van der Waals surface area (Å²) in [5, 5.41) is 0. The Morgan fingerprint density at radius 2 is 2.15 bits per heavy atom. The van der Waals surface area contributed by atoms with E-state index in [4.69, 9.17) is 14.2 Å². The zero-order valence-corrected chi connectivity index (χ0v) is 11.8. The van der Waals surface area contributed by atoms with Crippen LogP contribution in [0.1, 0.15) is 20.3 Å². The van der Waals surface area contributed by atoms with Crippen LogP contribution in [0.15, 0.2) is 18.2 Å². The molecule has 2 heterocycles. The van der Waals surface area contributed by atoms with Crippen molar-refractivity contribution in [3.05, 3.63) is 18.2 Å². The molecule has 0 amide bonds. The summed E-state index contributed by atoms with van der Waals surface area (Å²) in [7, 11) is 0. The predicted molar refractivity (Wildman–Crippen MR) is 74.1 cm³/mol. The molecule has 1 aromatic carbocycles. The molecule has 2 aliphatic rings. The van der Waals surface area contributed by atoms with Gasteiger partial charge in [-0.3, -0.25) is 4.79 Å². The number of carbonyl (C=O) groups excluding carboxylic acids is 1. The van der Waals surface area contributed by atoms with Crippen LogP contribution in [-0.4, -0.2) is 32.0 Å². The second-order valence-corrected chi connectivity index (χ2v) is 5.45. The first-order valence-electron chi connectivity index (χ1n) is 6.98. The van der Waals surface area contributed by atoms with Gasteiger partial charge < -0.3 is 19.1 Å². The molecule has 3 rings (SSSR count). The summed E-state index contributed by atoms with van der Waals surface area (Å²) in [6.45, 7) is 5.59. The third kappa shape index (κ3) is 2.53. The lowest BCUT2D eigenvalue weighted by Crippen LogP contribution is -2.25. The number of anilines is 1. The fourth-order valence-corrected chi connectivity index (χ4v) is 2.60. The SMILES string of the molecule is CC(C)OC(=O)C1CCN(c2ccc3c(c2)OCO3)C1. The largest absolute Gasteiger partial charge is 0.463 e. The minimum atomic E-state index is -0.0942. The van der Waals surface area contributed by atoms with E-state index in [-0.39, 0.29) is 24.8 Å². The first kappa shape index (κ1) is 13.1. The Kier molecular flexibility index (Phi) is 3.42. The van der Waals surface area contributed by atoms with E-state index in [1.807, 2.05) is 32.0 Å². The highest BCUT2D eigenvalue weighted by atomic mass is 16.7. The Morgan fingerprint density at radius 3 is 2.95 bits per heavy atom. The molecule has 108 valence electrons. The van der Waals surface area contributed by atoms with Crippen molar-refractivity contribution in [2.75, 3.05) is 24.8 Å². The van der Waals surface area contributed by atoms with Gasteiger partial charge in [-0.25, -0.2) is 0 Å². The highest BCUT2D eigenvalue weighted by molar-refractivity contribution is 5.74. The van der Waals surface area contributed by atoms with Crippen molar-refractivity contribution in [1.82, 2.24) is 0 Å². The second kappa shape index (κ2) is 5.23. The third-order valence-corrected chi connectivity index (χ3v) is 3.59. The maximum absolute atomic E-state index is 11.9. The standard InChI is InChI=1S/C15H19NO4/c1-10(2)20-15(17)11-5-6-16(8-11)12-3-4-13-14(7-12)19-9-18-13/h3-4,7,10-11H,5-6,8-9H2,1-2H3. The van der Waals surface area contributed by atoms with Crippen molar-refractivity contribution in [1.29, 1.82) is 0 Å².